The number of aryl methyl sites for hydroxylation is 1. The van der Waals surface area contributed by atoms with Crippen LogP contribution in [0, 0.1) is 6.92 Å². The van der Waals surface area contributed by atoms with Crippen LogP contribution in [-0.2, 0) is 6.42 Å². The molecule has 0 atom stereocenters. The summed E-state index contributed by atoms with van der Waals surface area (Å²) >= 11 is 3.62. The van der Waals surface area contributed by atoms with Gasteiger partial charge in [-0.3, -0.25) is 0 Å². The SMILES string of the molecule is COc1cc(OC)cc(-c2c(C)ccc3c2C=C(Br)C3)c1. The van der Waals surface area contributed by atoms with Crippen LogP contribution in [0.4, 0.5) is 0 Å². The molecule has 3 rings (SSSR count). The standard InChI is InChI=1S/C18H17BrO2/c1-11-4-5-12-6-14(19)9-17(12)18(11)13-7-15(20-2)10-16(8-13)21-3/h4-5,7-10H,6H2,1-3H3. The fraction of sp³-hybridized carbons (Fsp3) is 0.222. The smallest absolute Gasteiger partial charge is 0.123 e. The Balaban J connectivity index is 2.24. The van der Waals surface area contributed by atoms with Crippen LogP contribution in [-0.4, -0.2) is 14.2 Å². The zero-order valence-electron chi connectivity index (χ0n) is 12.4. The van der Waals surface area contributed by atoms with Gasteiger partial charge in [0.1, 0.15) is 11.5 Å². The zero-order chi connectivity index (χ0) is 15.0. The molecule has 2 nitrogen and oxygen atoms in total. The molecule has 21 heavy (non-hydrogen) atoms. The topological polar surface area (TPSA) is 18.5 Å². The second-order valence-electron chi connectivity index (χ2n) is 5.20. The molecule has 3 heteroatoms. The molecule has 0 radical (unpaired) electrons. The predicted octanol–water partition coefficient (Wildman–Crippen LogP) is 4.97. The molecular formula is C18H17BrO2. The number of halogens is 1. The second kappa shape index (κ2) is 5.57. The highest BCUT2D eigenvalue weighted by molar-refractivity contribution is 9.11. The Morgan fingerprint density at radius 1 is 1.00 bits per heavy atom. The molecule has 2 aromatic rings. The van der Waals surface area contributed by atoms with Crippen molar-refractivity contribution in [2.24, 2.45) is 0 Å². The maximum Gasteiger partial charge on any atom is 0.123 e. The molecule has 0 saturated carbocycles. The number of methoxy groups -OCH3 is 2. The van der Waals surface area contributed by atoms with Gasteiger partial charge in [0.2, 0.25) is 0 Å². The third-order valence-corrected chi connectivity index (χ3v) is 4.35. The van der Waals surface area contributed by atoms with Crippen LogP contribution in [0.2, 0.25) is 0 Å². The van der Waals surface area contributed by atoms with E-state index < -0.39 is 0 Å². The number of rotatable bonds is 3. The van der Waals surface area contributed by atoms with Gasteiger partial charge in [0.15, 0.2) is 0 Å². The molecule has 0 aromatic heterocycles. The summed E-state index contributed by atoms with van der Waals surface area (Å²) in [6.07, 6.45) is 3.17. The number of hydrogen-bond acceptors (Lipinski definition) is 2. The summed E-state index contributed by atoms with van der Waals surface area (Å²) in [5.74, 6) is 1.62. The monoisotopic (exact) mass is 344 g/mol. The number of allylic oxidation sites excluding steroid dienone is 1. The van der Waals surface area contributed by atoms with E-state index >= 15 is 0 Å². The Labute approximate surface area is 133 Å². The molecule has 108 valence electrons. The van der Waals surface area contributed by atoms with Crippen molar-refractivity contribution >= 4 is 22.0 Å². The van der Waals surface area contributed by atoms with Crippen molar-refractivity contribution in [2.45, 2.75) is 13.3 Å². The highest BCUT2D eigenvalue weighted by Crippen LogP contribution is 2.40. The van der Waals surface area contributed by atoms with Gasteiger partial charge in [0.05, 0.1) is 14.2 Å². The summed E-state index contributed by atoms with van der Waals surface area (Å²) in [5, 5.41) is 0. The average Bonchev–Trinajstić information content (AvgIpc) is 2.86. The third kappa shape index (κ3) is 2.58. The first-order valence-electron chi connectivity index (χ1n) is 6.84. The van der Waals surface area contributed by atoms with Crippen molar-refractivity contribution in [1.29, 1.82) is 0 Å². The largest absolute Gasteiger partial charge is 0.497 e. The Morgan fingerprint density at radius 3 is 2.29 bits per heavy atom. The predicted molar refractivity (Wildman–Crippen MR) is 90.3 cm³/mol. The van der Waals surface area contributed by atoms with E-state index in [0.717, 1.165) is 23.5 Å². The van der Waals surface area contributed by atoms with E-state index in [0.29, 0.717) is 0 Å². The first kappa shape index (κ1) is 14.2. The fourth-order valence-electron chi connectivity index (χ4n) is 2.82. The molecule has 1 aliphatic rings. The van der Waals surface area contributed by atoms with Gasteiger partial charge in [0, 0.05) is 17.0 Å². The van der Waals surface area contributed by atoms with Crippen LogP contribution in [0.3, 0.4) is 0 Å². The first-order valence-corrected chi connectivity index (χ1v) is 7.63. The van der Waals surface area contributed by atoms with Gasteiger partial charge in [0.25, 0.3) is 0 Å². The molecule has 0 spiro atoms. The van der Waals surface area contributed by atoms with Crippen LogP contribution in [0.25, 0.3) is 17.2 Å². The molecule has 1 aliphatic carbocycles. The van der Waals surface area contributed by atoms with Crippen LogP contribution in [0.5, 0.6) is 11.5 Å². The first-order chi connectivity index (χ1) is 10.1. The Kier molecular flexibility index (Phi) is 3.77. The Bertz CT molecular complexity index is 710. The zero-order valence-corrected chi connectivity index (χ0v) is 14.0. The van der Waals surface area contributed by atoms with Crippen molar-refractivity contribution < 1.29 is 9.47 Å². The second-order valence-corrected chi connectivity index (χ2v) is 6.22. The Hall–Kier alpha value is -1.74. The minimum Gasteiger partial charge on any atom is -0.497 e. The van der Waals surface area contributed by atoms with E-state index in [4.69, 9.17) is 9.47 Å². The van der Waals surface area contributed by atoms with E-state index in [9.17, 15) is 0 Å². The van der Waals surface area contributed by atoms with Crippen molar-refractivity contribution in [1.82, 2.24) is 0 Å². The lowest BCUT2D eigenvalue weighted by atomic mass is 9.92. The van der Waals surface area contributed by atoms with Gasteiger partial charge in [-0.15, -0.1) is 0 Å². The van der Waals surface area contributed by atoms with Gasteiger partial charge in [-0.2, -0.15) is 0 Å². The summed E-state index contributed by atoms with van der Waals surface area (Å²) < 4.78 is 12.0. The van der Waals surface area contributed by atoms with Crippen LogP contribution in [0.15, 0.2) is 34.8 Å². The van der Waals surface area contributed by atoms with Crippen LogP contribution >= 0.6 is 15.9 Å². The molecule has 0 bridgehead atoms. The lowest BCUT2D eigenvalue weighted by Gasteiger charge is -2.14. The molecule has 0 saturated heterocycles. The molecule has 0 aliphatic heterocycles. The quantitative estimate of drug-likeness (QED) is 0.782. The molecule has 0 N–H and O–H groups in total. The fourth-order valence-corrected chi connectivity index (χ4v) is 3.35. The molecule has 0 heterocycles. The van der Waals surface area contributed by atoms with Crippen LogP contribution < -0.4 is 9.47 Å². The summed E-state index contributed by atoms with van der Waals surface area (Å²) in [4.78, 5) is 0. The third-order valence-electron chi connectivity index (χ3n) is 3.84. The maximum atomic E-state index is 5.39. The normalized spacial score (nSPS) is 12.9. The number of benzene rings is 2. The summed E-state index contributed by atoms with van der Waals surface area (Å²) in [6.45, 7) is 2.14. The van der Waals surface area contributed by atoms with Crippen LogP contribution in [0.1, 0.15) is 16.7 Å². The van der Waals surface area contributed by atoms with Crippen molar-refractivity contribution in [3.05, 3.63) is 51.5 Å². The molecule has 0 amide bonds. The highest BCUT2D eigenvalue weighted by Gasteiger charge is 2.18. The highest BCUT2D eigenvalue weighted by atomic mass is 79.9. The minimum atomic E-state index is 0.808. The molecule has 0 fully saturated rings. The van der Waals surface area contributed by atoms with E-state index in [1.165, 1.54) is 26.7 Å². The van der Waals surface area contributed by atoms with Gasteiger partial charge in [-0.25, -0.2) is 0 Å². The van der Waals surface area contributed by atoms with E-state index in [-0.39, 0.29) is 0 Å². The maximum absolute atomic E-state index is 5.39. The van der Waals surface area contributed by atoms with Gasteiger partial charge in [-0.05, 0) is 52.9 Å². The summed E-state index contributed by atoms with van der Waals surface area (Å²) in [7, 11) is 3.36. The number of ether oxygens (including phenoxy) is 2. The average molecular weight is 345 g/mol. The Morgan fingerprint density at radius 2 is 1.67 bits per heavy atom. The van der Waals surface area contributed by atoms with E-state index in [1.54, 1.807) is 14.2 Å². The van der Waals surface area contributed by atoms with Gasteiger partial charge >= 0.3 is 0 Å². The van der Waals surface area contributed by atoms with E-state index in [2.05, 4.69) is 53.2 Å². The minimum absolute atomic E-state index is 0.808. The number of hydrogen-bond donors (Lipinski definition) is 0. The summed E-state index contributed by atoms with van der Waals surface area (Å²) in [6, 6.07) is 10.4. The number of fused-ring (bicyclic) bond motifs is 1. The molecule has 0 unspecified atom stereocenters. The molecular weight excluding hydrogens is 328 g/mol. The van der Waals surface area contributed by atoms with Crippen molar-refractivity contribution in [3.8, 4) is 22.6 Å². The lowest BCUT2D eigenvalue weighted by molar-refractivity contribution is 0.394. The van der Waals surface area contributed by atoms with Gasteiger partial charge in [-0.1, -0.05) is 28.1 Å². The van der Waals surface area contributed by atoms with Crippen molar-refractivity contribution in [3.63, 3.8) is 0 Å². The van der Waals surface area contributed by atoms with Crippen molar-refractivity contribution in [2.75, 3.05) is 14.2 Å². The van der Waals surface area contributed by atoms with Gasteiger partial charge < -0.3 is 9.47 Å². The summed E-state index contributed by atoms with van der Waals surface area (Å²) in [5.41, 5.74) is 6.27. The molecule has 2 aromatic carbocycles. The van der Waals surface area contributed by atoms with E-state index in [1.807, 2.05) is 6.07 Å². The lowest BCUT2D eigenvalue weighted by Crippen LogP contribution is -1.94.